The van der Waals surface area contributed by atoms with E-state index in [2.05, 4.69) is 0 Å². The number of aliphatic carboxylic acids is 1. The summed E-state index contributed by atoms with van der Waals surface area (Å²) >= 11 is 0. The van der Waals surface area contributed by atoms with Gasteiger partial charge in [-0.25, -0.2) is 4.79 Å². The summed E-state index contributed by atoms with van der Waals surface area (Å²) in [4.78, 5) is 20.0. The molecule has 0 radical (unpaired) electrons. The van der Waals surface area contributed by atoms with Crippen LogP contribution in [0, 0.1) is 0 Å². The number of aromatic nitrogens is 1. The molecule has 1 fully saturated rings. The molecule has 0 amide bonds. The number of hydrogen-bond donors (Lipinski definition) is 2. The molecule has 0 spiro atoms. The second-order valence-electron chi connectivity index (χ2n) is 3.66. The Kier molecular flexibility index (Phi) is 4.00. The lowest BCUT2D eigenvalue weighted by Gasteiger charge is -2.00. The van der Waals surface area contributed by atoms with E-state index in [0.29, 0.717) is 6.04 Å². The van der Waals surface area contributed by atoms with E-state index < -0.39 is 12.1 Å². The fourth-order valence-electron chi connectivity index (χ4n) is 1.13. The molecule has 0 unspecified atom stereocenters. The van der Waals surface area contributed by atoms with Crippen molar-refractivity contribution < 1.29 is 28.2 Å². The highest BCUT2D eigenvalue weighted by atomic mass is 19.4. The number of halogens is 3. The van der Waals surface area contributed by atoms with Gasteiger partial charge in [-0.05, 0) is 18.9 Å². The van der Waals surface area contributed by atoms with Gasteiger partial charge in [-0.3, -0.25) is 4.79 Å². The van der Waals surface area contributed by atoms with Gasteiger partial charge in [0.2, 0.25) is 0 Å². The van der Waals surface area contributed by atoms with Crippen molar-refractivity contribution in [3.8, 4) is 5.75 Å². The Balaban J connectivity index is 0.000000203. The van der Waals surface area contributed by atoms with Crippen LogP contribution in [-0.2, 0) is 4.79 Å². The zero-order valence-corrected chi connectivity index (χ0v) is 9.02. The van der Waals surface area contributed by atoms with Gasteiger partial charge < -0.3 is 14.8 Å². The van der Waals surface area contributed by atoms with Crippen LogP contribution in [0.1, 0.15) is 18.9 Å². The lowest BCUT2D eigenvalue weighted by atomic mass is 10.4. The average Bonchev–Trinajstić information content (AvgIpc) is 3.00. The highest BCUT2D eigenvalue weighted by molar-refractivity contribution is 5.73. The number of hydrogen-bond acceptors (Lipinski definition) is 3. The highest BCUT2D eigenvalue weighted by Crippen LogP contribution is 2.33. The molecule has 0 bridgehead atoms. The molecule has 18 heavy (non-hydrogen) atoms. The summed E-state index contributed by atoms with van der Waals surface area (Å²) in [6.45, 7) is 0. The maximum Gasteiger partial charge on any atom is 0.490 e. The third-order valence-corrected chi connectivity index (χ3v) is 2.11. The number of nitrogens with zero attached hydrogens (tertiary/aromatic N) is 1. The number of carbonyl (C=O) groups is 1. The Labute approximate surface area is 99.1 Å². The van der Waals surface area contributed by atoms with Gasteiger partial charge in [0.25, 0.3) is 5.56 Å². The van der Waals surface area contributed by atoms with Crippen molar-refractivity contribution in [2.24, 2.45) is 0 Å². The van der Waals surface area contributed by atoms with Gasteiger partial charge in [0.05, 0.1) is 0 Å². The first-order valence-corrected chi connectivity index (χ1v) is 4.93. The van der Waals surface area contributed by atoms with Crippen molar-refractivity contribution >= 4 is 5.97 Å². The van der Waals surface area contributed by atoms with Gasteiger partial charge in [0.15, 0.2) is 0 Å². The van der Waals surface area contributed by atoms with Crippen LogP contribution in [0.4, 0.5) is 13.2 Å². The van der Waals surface area contributed by atoms with E-state index in [-0.39, 0.29) is 11.3 Å². The summed E-state index contributed by atoms with van der Waals surface area (Å²) in [6, 6.07) is 3.18. The Morgan fingerprint density at radius 3 is 2.22 bits per heavy atom. The zero-order valence-electron chi connectivity index (χ0n) is 9.02. The van der Waals surface area contributed by atoms with E-state index in [0.717, 1.165) is 12.8 Å². The lowest BCUT2D eigenvalue weighted by Crippen LogP contribution is -2.21. The molecule has 1 saturated carbocycles. The van der Waals surface area contributed by atoms with Gasteiger partial charge in [0, 0.05) is 18.3 Å². The highest BCUT2D eigenvalue weighted by Gasteiger charge is 2.38. The smallest absolute Gasteiger partial charge is 0.490 e. The molecule has 5 nitrogen and oxygen atoms in total. The van der Waals surface area contributed by atoms with E-state index in [9.17, 15) is 18.0 Å². The number of alkyl halides is 3. The molecular weight excluding hydrogens is 255 g/mol. The second kappa shape index (κ2) is 5.11. The average molecular weight is 265 g/mol. The van der Waals surface area contributed by atoms with Crippen LogP contribution in [0.2, 0.25) is 0 Å². The molecule has 0 aromatic carbocycles. The van der Waals surface area contributed by atoms with E-state index in [1.54, 1.807) is 16.8 Å². The minimum atomic E-state index is -5.08. The first-order valence-electron chi connectivity index (χ1n) is 4.93. The maximum atomic E-state index is 11.1. The first kappa shape index (κ1) is 14.1. The minimum Gasteiger partial charge on any atom is -0.508 e. The molecule has 0 atom stereocenters. The van der Waals surface area contributed by atoms with E-state index >= 15 is 0 Å². The van der Waals surface area contributed by atoms with Crippen LogP contribution < -0.4 is 5.56 Å². The third kappa shape index (κ3) is 4.11. The monoisotopic (exact) mass is 265 g/mol. The van der Waals surface area contributed by atoms with Crippen LogP contribution in [0.5, 0.6) is 5.75 Å². The van der Waals surface area contributed by atoms with Gasteiger partial charge in [0.1, 0.15) is 5.75 Å². The largest absolute Gasteiger partial charge is 0.508 e. The summed E-state index contributed by atoms with van der Waals surface area (Å²) in [5, 5.41) is 16.1. The molecule has 1 aromatic rings. The fraction of sp³-hybridized carbons (Fsp3) is 0.400. The minimum absolute atomic E-state index is 0.0481. The van der Waals surface area contributed by atoms with Crippen LogP contribution >= 0.6 is 0 Å². The SMILES string of the molecule is O=C(O)C(F)(F)F.O=c1cc(O)ccn1C1CC1. The molecule has 1 heterocycles. The van der Waals surface area contributed by atoms with Crippen molar-refractivity contribution in [1.29, 1.82) is 0 Å². The third-order valence-electron chi connectivity index (χ3n) is 2.11. The molecule has 0 saturated heterocycles. The Hall–Kier alpha value is -1.99. The molecule has 1 aliphatic rings. The van der Waals surface area contributed by atoms with Crippen LogP contribution in [-0.4, -0.2) is 26.9 Å². The van der Waals surface area contributed by atoms with Gasteiger partial charge in [-0.15, -0.1) is 0 Å². The van der Waals surface area contributed by atoms with Crippen molar-refractivity contribution in [2.45, 2.75) is 25.1 Å². The molecular formula is C10H10F3NO4. The summed E-state index contributed by atoms with van der Waals surface area (Å²) in [5.74, 6) is -2.71. The van der Waals surface area contributed by atoms with Crippen molar-refractivity contribution in [3.05, 3.63) is 28.7 Å². The lowest BCUT2D eigenvalue weighted by molar-refractivity contribution is -0.192. The Morgan fingerprint density at radius 1 is 1.39 bits per heavy atom. The summed E-state index contributed by atoms with van der Waals surface area (Å²) in [6.07, 6.45) is -1.26. The summed E-state index contributed by atoms with van der Waals surface area (Å²) in [7, 11) is 0. The normalized spacial score (nSPS) is 14.6. The van der Waals surface area contributed by atoms with Crippen LogP contribution in [0.25, 0.3) is 0 Å². The Morgan fingerprint density at radius 2 is 1.89 bits per heavy atom. The maximum absolute atomic E-state index is 11.1. The van der Waals surface area contributed by atoms with E-state index in [1.165, 1.54) is 6.07 Å². The standard InChI is InChI=1S/C8H9NO2.C2HF3O2/c10-7-3-4-9(6-1-2-6)8(11)5-7;3-2(4,5)1(6)7/h3-6,10H,1-2H2;(H,6,7). The number of carboxylic acid groups (broad SMARTS) is 1. The topological polar surface area (TPSA) is 79.5 Å². The molecule has 0 aliphatic heterocycles. The van der Waals surface area contributed by atoms with Crippen molar-refractivity contribution in [1.82, 2.24) is 4.57 Å². The van der Waals surface area contributed by atoms with Crippen molar-refractivity contribution in [2.75, 3.05) is 0 Å². The van der Waals surface area contributed by atoms with Gasteiger partial charge >= 0.3 is 12.1 Å². The first-order chi connectivity index (χ1) is 8.21. The molecule has 1 aliphatic carbocycles. The van der Waals surface area contributed by atoms with Crippen molar-refractivity contribution in [3.63, 3.8) is 0 Å². The Bertz CT molecular complexity index is 491. The molecule has 8 heteroatoms. The van der Waals surface area contributed by atoms with Gasteiger partial charge in [-0.1, -0.05) is 0 Å². The molecule has 100 valence electrons. The number of rotatable bonds is 1. The van der Waals surface area contributed by atoms with E-state index in [1.807, 2.05) is 0 Å². The second-order valence-corrected chi connectivity index (χ2v) is 3.66. The molecule has 1 aromatic heterocycles. The van der Waals surface area contributed by atoms with Gasteiger partial charge in [-0.2, -0.15) is 13.2 Å². The number of pyridine rings is 1. The van der Waals surface area contributed by atoms with Crippen LogP contribution in [0.15, 0.2) is 23.1 Å². The number of carboxylic acids is 1. The predicted octanol–water partition coefficient (Wildman–Crippen LogP) is 1.52. The van der Waals surface area contributed by atoms with E-state index in [4.69, 9.17) is 15.0 Å². The number of aromatic hydroxyl groups is 1. The molecule has 2 N–H and O–H groups in total. The van der Waals surface area contributed by atoms with Crippen LogP contribution in [0.3, 0.4) is 0 Å². The quantitative estimate of drug-likeness (QED) is 0.806. The summed E-state index contributed by atoms with van der Waals surface area (Å²) in [5.41, 5.74) is -0.104. The molecule has 2 rings (SSSR count). The summed E-state index contributed by atoms with van der Waals surface area (Å²) < 4.78 is 33.4. The fourth-order valence-corrected chi connectivity index (χ4v) is 1.13. The zero-order chi connectivity index (χ0) is 13.9. The predicted molar refractivity (Wildman–Crippen MR) is 54.3 cm³/mol.